The van der Waals surface area contributed by atoms with Gasteiger partial charge < -0.3 is 19.5 Å². The van der Waals surface area contributed by atoms with Crippen LogP contribution in [-0.4, -0.2) is 35.7 Å². The smallest absolute Gasteiger partial charge is 0.203 e. The number of imidazole rings is 1. The Morgan fingerprint density at radius 1 is 1.04 bits per heavy atom. The zero-order valence-corrected chi connectivity index (χ0v) is 14.4. The predicted molar refractivity (Wildman–Crippen MR) is 90.1 cm³/mol. The van der Waals surface area contributed by atoms with Crippen molar-refractivity contribution >= 4 is 33.1 Å². The molecule has 0 aliphatic heterocycles. The van der Waals surface area contributed by atoms with Gasteiger partial charge in [-0.15, -0.1) is 0 Å². The molecule has 8 heteroatoms. The molecule has 0 saturated carbocycles. The third-order valence-corrected chi connectivity index (χ3v) is 3.90. The maximum atomic E-state index is 5.35. The van der Waals surface area contributed by atoms with Crippen LogP contribution in [0.4, 0.5) is 11.5 Å². The summed E-state index contributed by atoms with van der Waals surface area (Å²) < 4.78 is 18.8. The molecule has 0 atom stereocenters. The Labute approximate surface area is 141 Å². The van der Waals surface area contributed by atoms with Crippen LogP contribution in [0.5, 0.6) is 17.2 Å². The first-order valence-corrected chi connectivity index (χ1v) is 7.51. The topological polar surface area (TPSA) is 69.9 Å². The molecule has 23 heavy (non-hydrogen) atoms. The number of nitrogens with one attached hydrogen (secondary N) is 1. The van der Waals surface area contributed by atoms with Crippen molar-refractivity contribution in [2.45, 2.75) is 0 Å². The molecule has 0 saturated heterocycles. The maximum Gasteiger partial charge on any atom is 0.203 e. The third kappa shape index (κ3) is 2.77. The fourth-order valence-corrected chi connectivity index (χ4v) is 2.66. The molecule has 0 amide bonds. The molecule has 120 valence electrons. The van der Waals surface area contributed by atoms with Crippen LogP contribution in [-0.2, 0) is 0 Å². The van der Waals surface area contributed by atoms with E-state index in [1.165, 1.54) is 0 Å². The van der Waals surface area contributed by atoms with Gasteiger partial charge in [0.05, 0.1) is 27.5 Å². The summed E-state index contributed by atoms with van der Waals surface area (Å²) in [5.74, 6) is 2.28. The van der Waals surface area contributed by atoms with Crippen LogP contribution in [0.3, 0.4) is 0 Å². The summed E-state index contributed by atoms with van der Waals surface area (Å²) in [6.45, 7) is 0. The van der Waals surface area contributed by atoms with Crippen molar-refractivity contribution in [2.75, 3.05) is 26.6 Å². The van der Waals surface area contributed by atoms with Crippen LogP contribution in [0.25, 0.3) is 5.65 Å². The minimum Gasteiger partial charge on any atom is -0.493 e. The van der Waals surface area contributed by atoms with E-state index in [1.807, 2.05) is 22.7 Å². The first-order chi connectivity index (χ1) is 11.2. The third-order valence-electron chi connectivity index (χ3n) is 3.31. The van der Waals surface area contributed by atoms with Crippen LogP contribution < -0.4 is 19.5 Å². The van der Waals surface area contributed by atoms with Crippen LogP contribution >= 0.6 is 15.9 Å². The minimum absolute atomic E-state index is 0.537. The Hall–Kier alpha value is -2.48. The van der Waals surface area contributed by atoms with Gasteiger partial charge in [-0.3, -0.25) is 4.40 Å². The highest BCUT2D eigenvalue weighted by Crippen LogP contribution is 2.40. The molecule has 0 fully saturated rings. The number of methoxy groups -OCH3 is 3. The number of anilines is 2. The van der Waals surface area contributed by atoms with E-state index in [4.69, 9.17) is 14.2 Å². The zero-order valence-electron chi connectivity index (χ0n) is 12.8. The second-order valence-electron chi connectivity index (χ2n) is 4.59. The van der Waals surface area contributed by atoms with E-state index in [9.17, 15) is 0 Å². The molecule has 1 N–H and O–H groups in total. The Bertz CT molecular complexity index is 825. The molecule has 0 radical (unpaired) electrons. The van der Waals surface area contributed by atoms with Gasteiger partial charge in [0.15, 0.2) is 23.0 Å². The Kier molecular flexibility index (Phi) is 4.24. The number of fused-ring (bicyclic) bond motifs is 1. The summed E-state index contributed by atoms with van der Waals surface area (Å²) in [4.78, 5) is 8.68. The molecule has 1 aromatic carbocycles. The summed E-state index contributed by atoms with van der Waals surface area (Å²) in [6, 6.07) is 3.62. The molecule has 2 aromatic heterocycles. The number of aromatic nitrogens is 3. The van der Waals surface area contributed by atoms with Gasteiger partial charge in [-0.25, -0.2) is 9.97 Å². The zero-order chi connectivity index (χ0) is 16.4. The molecule has 0 unspecified atom stereocenters. The molecule has 0 aliphatic carbocycles. The van der Waals surface area contributed by atoms with E-state index in [0.717, 1.165) is 10.3 Å². The number of rotatable bonds is 5. The lowest BCUT2D eigenvalue weighted by atomic mass is 10.2. The standard InChI is InChI=1S/C15H15BrN4O3/c1-21-10-6-9(7-11(22-2)13(10)23-3)19-14-15-18-8-12(16)20(15)5-4-17-14/h4-8H,1-3H3,(H,17,19). The Morgan fingerprint density at radius 2 is 1.74 bits per heavy atom. The average Bonchev–Trinajstić information content (AvgIpc) is 2.96. The largest absolute Gasteiger partial charge is 0.493 e. The number of benzene rings is 1. The average molecular weight is 379 g/mol. The molecule has 0 spiro atoms. The first-order valence-electron chi connectivity index (χ1n) is 6.72. The van der Waals surface area contributed by atoms with Crippen molar-refractivity contribution in [1.29, 1.82) is 0 Å². The Balaban J connectivity index is 2.05. The van der Waals surface area contributed by atoms with Crippen LogP contribution in [0.1, 0.15) is 0 Å². The summed E-state index contributed by atoms with van der Waals surface area (Å²) in [7, 11) is 4.72. The summed E-state index contributed by atoms with van der Waals surface area (Å²) in [5, 5.41) is 3.23. The molecule has 7 nitrogen and oxygen atoms in total. The van der Waals surface area contributed by atoms with Gasteiger partial charge in [-0.2, -0.15) is 0 Å². The summed E-state index contributed by atoms with van der Waals surface area (Å²) in [6.07, 6.45) is 5.24. The lowest BCUT2D eigenvalue weighted by Gasteiger charge is -2.15. The monoisotopic (exact) mass is 378 g/mol. The first kappa shape index (κ1) is 15.4. The minimum atomic E-state index is 0.537. The summed E-state index contributed by atoms with van der Waals surface area (Å²) >= 11 is 3.44. The van der Waals surface area contributed by atoms with E-state index in [-0.39, 0.29) is 0 Å². The van der Waals surface area contributed by atoms with E-state index in [1.54, 1.807) is 33.7 Å². The molecule has 0 aliphatic rings. The van der Waals surface area contributed by atoms with E-state index < -0.39 is 0 Å². The van der Waals surface area contributed by atoms with Crippen molar-refractivity contribution in [3.63, 3.8) is 0 Å². The van der Waals surface area contributed by atoms with Gasteiger partial charge in [-0.05, 0) is 15.9 Å². The predicted octanol–water partition coefficient (Wildman–Crippen LogP) is 3.26. The van der Waals surface area contributed by atoms with Crippen LogP contribution in [0, 0.1) is 0 Å². The SMILES string of the molecule is COc1cc(Nc2nccn3c(Br)cnc23)cc(OC)c1OC. The van der Waals surface area contributed by atoms with Crippen molar-refractivity contribution in [2.24, 2.45) is 0 Å². The molecular formula is C15H15BrN4O3. The van der Waals surface area contributed by atoms with E-state index in [0.29, 0.717) is 28.7 Å². The fraction of sp³-hybridized carbons (Fsp3) is 0.200. The number of ether oxygens (including phenoxy) is 3. The maximum absolute atomic E-state index is 5.35. The van der Waals surface area contributed by atoms with Gasteiger partial charge in [0.25, 0.3) is 0 Å². The highest BCUT2D eigenvalue weighted by Gasteiger charge is 2.14. The number of nitrogens with zero attached hydrogens (tertiary/aromatic N) is 3. The van der Waals surface area contributed by atoms with Crippen molar-refractivity contribution in [3.05, 3.63) is 35.3 Å². The number of hydrogen-bond acceptors (Lipinski definition) is 6. The van der Waals surface area contributed by atoms with Crippen molar-refractivity contribution in [3.8, 4) is 17.2 Å². The quantitative estimate of drug-likeness (QED) is 0.734. The highest BCUT2D eigenvalue weighted by atomic mass is 79.9. The summed E-state index contributed by atoms with van der Waals surface area (Å²) in [5.41, 5.74) is 1.45. The molecular weight excluding hydrogens is 364 g/mol. The second-order valence-corrected chi connectivity index (χ2v) is 5.40. The fourth-order valence-electron chi connectivity index (χ4n) is 2.27. The molecule has 3 aromatic rings. The molecule has 2 heterocycles. The van der Waals surface area contributed by atoms with Gasteiger partial charge >= 0.3 is 0 Å². The normalized spacial score (nSPS) is 10.6. The second kappa shape index (κ2) is 6.33. The number of halogens is 1. The molecule has 3 rings (SSSR count). The van der Waals surface area contributed by atoms with Crippen LogP contribution in [0.2, 0.25) is 0 Å². The number of hydrogen-bond donors (Lipinski definition) is 1. The van der Waals surface area contributed by atoms with Gasteiger partial charge in [0.1, 0.15) is 4.60 Å². The van der Waals surface area contributed by atoms with Gasteiger partial charge in [0, 0.05) is 30.2 Å². The highest BCUT2D eigenvalue weighted by molar-refractivity contribution is 9.10. The van der Waals surface area contributed by atoms with Crippen LogP contribution in [0.15, 0.2) is 35.3 Å². The molecule has 0 bridgehead atoms. The lowest BCUT2D eigenvalue weighted by Crippen LogP contribution is -2.00. The Morgan fingerprint density at radius 3 is 2.35 bits per heavy atom. The van der Waals surface area contributed by atoms with Gasteiger partial charge in [0.2, 0.25) is 5.75 Å². The lowest BCUT2D eigenvalue weighted by molar-refractivity contribution is 0.324. The van der Waals surface area contributed by atoms with E-state index in [2.05, 4.69) is 31.2 Å². The van der Waals surface area contributed by atoms with Crippen molar-refractivity contribution in [1.82, 2.24) is 14.4 Å². The van der Waals surface area contributed by atoms with Crippen molar-refractivity contribution < 1.29 is 14.2 Å². The van der Waals surface area contributed by atoms with E-state index >= 15 is 0 Å². The van der Waals surface area contributed by atoms with Gasteiger partial charge in [-0.1, -0.05) is 0 Å².